The second-order valence-corrected chi connectivity index (χ2v) is 6.06. The molecular weight excluding hydrogens is 278 g/mol. The number of nitrogens with zero attached hydrogens (tertiary/aromatic N) is 5. The molecule has 1 saturated heterocycles. The van der Waals surface area contributed by atoms with Crippen LogP contribution in [0.25, 0.3) is 0 Å². The first-order valence-electron chi connectivity index (χ1n) is 7.80. The van der Waals surface area contributed by atoms with Crippen LogP contribution in [0.4, 0.5) is 0 Å². The second-order valence-electron chi connectivity index (χ2n) is 6.06. The van der Waals surface area contributed by atoms with Gasteiger partial charge in [-0.05, 0) is 39.7 Å². The van der Waals surface area contributed by atoms with E-state index in [-0.39, 0.29) is 18.0 Å². The topological polar surface area (TPSA) is 56.0 Å². The fraction of sp³-hybridized carbons (Fsp3) is 0.562. The summed E-state index contributed by atoms with van der Waals surface area (Å²) in [6, 6.07) is 1.72. The van der Waals surface area contributed by atoms with Crippen LogP contribution < -0.4 is 0 Å². The van der Waals surface area contributed by atoms with Crippen LogP contribution >= 0.6 is 0 Å². The van der Waals surface area contributed by atoms with Gasteiger partial charge in [0.1, 0.15) is 6.04 Å². The zero-order chi connectivity index (χ0) is 15.9. The number of hydrogen-bond donors (Lipinski definition) is 0. The van der Waals surface area contributed by atoms with Gasteiger partial charge in [0.25, 0.3) is 0 Å². The lowest BCUT2D eigenvalue weighted by Gasteiger charge is -2.28. The molecule has 2 aromatic heterocycles. The van der Waals surface area contributed by atoms with Crippen LogP contribution in [0.2, 0.25) is 0 Å². The maximum atomic E-state index is 12.9. The molecule has 2 atom stereocenters. The molecule has 0 unspecified atom stereocenters. The number of hydrogen-bond acceptors (Lipinski definition) is 3. The van der Waals surface area contributed by atoms with Crippen molar-refractivity contribution in [2.24, 2.45) is 7.05 Å². The van der Waals surface area contributed by atoms with Gasteiger partial charge < -0.3 is 4.90 Å². The highest BCUT2D eigenvalue weighted by atomic mass is 16.2. The second kappa shape index (κ2) is 5.59. The Kier molecular flexibility index (Phi) is 3.76. The number of aromatic nitrogens is 4. The minimum absolute atomic E-state index is 0.133. The lowest BCUT2D eigenvalue weighted by molar-refractivity contribution is -0.135. The Morgan fingerprint density at radius 1 is 1.41 bits per heavy atom. The van der Waals surface area contributed by atoms with Gasteiger partial charge in [0, 0.05) is 37.2 Å². The monoisotopic (exact) mass is 301 g/mol. The SMILES string of the molecule is Cc1nn(C)c(C)c1[C@@H]1CCCN1C(=O)[C@H](C)n1cccn1. The molecule has 0 N–H and O–H groups in total. The predicted octanol–water partition coefficient (Wildman–Crippen LogP) is 2.16. The molecule has 0 aliphatic carbocycles. The lowest BCUT2D eigenvalue weighted by Crippen LogP contribution is -2.36. The first kappa shape index (κ1) is 14.8. The molecule has 6 nitrogen and oxygen atoms in total. The minimum atomic E-state index is -0.270. The van der Waals surface area contributed by atoms with Crippen LogP contribution in [-0.2, 0) is 11.8 Å². The molecule has 0 bridgehead atoms. The third kappa shape index (κ3) is 2.32. The molecule has 2 aromatic rings. The van der Waals surface area contributed by atoms with Crippen LogP contribution in [-0.4, -0.2) is 36.9 Å². The average molecular weight is 301 g/mol. The number of rotatable bonds is 3. The summed E-state index contributed by atoms with van der Waals surface area (Å²) >= 11 is 0. The molecule has 118 valence electrons. The Morgan fingerprint density at radius 3 is 2.77 bits per heavy atom. The van der Waals surface area contributed by atoms with Gasteiger partial charge in [-0.25, -0.2) is 0 Å². The summed E-state index contributed by atoms with van der Waals surface area (Å²) < 4.78 is 3.63. The molecule has 22 heavy (non-hydrogen) atoms. The molecule has 1 amide bonds. The predicted molar refractivity (Wildman–Crippen MR) is 83.3 cm³/mol. The van der Waals surface area contributed by atoms with Crippen molar-refractivity contribution in [1.82, 2.24) is 24.5 Å². The molecule has 3 heterocycles. The van der Waals surface area contributed by atoms with E-state index < -0.39 is 0 Å². The van der Waals surface area contributed by atoms with Gasteiger partial charge in [-0.15, -0.1) is 0 Å². The maximum absolute atomic E-state index is 12.9. The van der Waals surface area contributed by atoms with Gasteiger partial charge in [0.15, 0.2) is 0 Å². The van der Waals surface area contributed by atoms with E-state index >= 15 is 0 Å². The number of carbonyl (C=O) groups excluding carboxylic acids is 1. The highest BCUT2D eigenvalue weighted by Gasteiger charge is 2.35. The van der Waals surface area contributed by atoms with Crippen LogP contribution in [0.1, 0.15) is 48.8 Å². The van der Waals surface area contributed by atoms with Crippen molar-refractivity contribution in [3.05, 3.63) is 35.4 Å². The molecule has 1 fully saturated rings. The largest absolute Gasteiger partial charge is 0.334 e. The van der Waals surface area contributed by atoms with Crippen LogP contribution in [0.15, 0.2) is 18.5 Å². The normalized spacial score (nSPS) is 19.6. The molecule has 0 aromatic carbocycles. The smallest absolute Gasteiger partial charge is 0.247 e. The third-order valence-electron chi connectivity index (χ3n) is 4.71. The molecule has 0 spiro atoms. The Labute approximate surface area is 130 Å². The fourth-order valence-corrected chi connectivity index (χ4v) is 3.47. The van der Waals surface area contributed by atoms with Gasteiger partial charge in [0.2, 0.25) is 5.91 Å². The van der Waals surface area contributed by atoms with Crippen molar-refractivity contribution >= 4 is 5.91 Å². The summed E-state index contributed by atoms with van der Waals surface area (Å²) in [5.41, 5.74) is 3.38. The van der Waals surface area contributed by atoms with E-state index in [4.69, 9.17) is 0 Å². The lowest BCUT2D eigenvalue weighted by atomic mass is 10.0. The molecule has 1 aliphatic rings. The summed E-state index contributed by atoms with van der Waals surface area (Å²) in [7, 11) is 1.96. The van der Waals surface area contributed by atoms with Gasteiger partial charge in [-0.1, -0.05) is 0 Å². The first-order valence-corrected chi connectivity index (χ1v) is 7.80. The van der Waals surface area contributed by atoms with Gasteiger partial charge >= 0.3 is 0 Å². The summed E-state index contributed by atoms with van der Waals surface area (Å²) in [4.78, 5) is 14.9. The van der Waals surface area contributed by atoms with E-state index in [1.165, 1.54) is 5.56 Å². The Bertz CT molecular complexity index is 673. The number of likely N-dealkylation sites (tertiary alicyclic amines) is 1. The molecule has 0 radical (unpaired) electrons. The minimum Gasteiger partial charge on any atom is -0.334 e. The first-order chi connectivity index (χ1) is 10.5. The van der Waals surface area contributed by atoms with Crippen molar-refractivity contribution in [2.45, 2.75) is 45.7 Å². The van der Waals surface area contributed by atoms with Crippen LogP contribution in [0, 0.1) is 13.8 Å². The number of amides is 1. The summed E-state index contributed by atoms with van der Waals surface area (Å²) in [6.45, 7) is 6.82. The summed E-state index contributed by atoms with van der Waals surface area (Å²) in [6.07, 6.45) is 5.59. The number of carbonyl (C=O) groups is 1. The van der Waals surface area contributed by atoms with Gasteiger partial charge in [-0.3, -0.25) is 14.2 Å². The number of aryl methyl sites for hydroxylation is 2. The van der Waals surface area contributed by atoms with E-state index in [1.54, 1.807) is 10.9 Å². The maximum Gasteiger partial charge on any atom is 0.247 e. The van der Waals surface area contributed by atoms with Crippen LogP contribution in [0.3, 0.4) is 0 Å². The van der Waals surface area contributed by atoms with E-state index in [0.29, 0.717) is 0 Å². The van der Waals surface area contributed by atoms with Crippen molar-refractivity contribution in [2.75, 3.05) is 6.54 Å². The summed E-state index contributed by atoms with van der Waals surface area (Å²) in [5, 5.41) is 8.70. The fourth-order valence-electron chi connectivity index (χ4n) is 3.47. The summed E-state index contributed by atoms with van der Waals surface area (Å²) in [5.74, 6) is 0.133. The molecular formula is C16H23N5O. The van der Waals surface area contributed by atoms with Crippen LogP contribution in [0.5, 0.6) is 0 Å². The van der Waals surface area contributed by atoms with Crippen molar-refractivity contribution < 1.29 is 4.79 Å². The van der Waals surface area contributed by atoms with E-state index in [2.05, 4.69) is 17.1 Å². The van der Waals surface area contributed by atoms with E-state index in [0.717, 1.165) is 30.8 Å². The van der Waals surface area contributed by atoms with Gasteiger partial charge in [0.05, 0.1) is 11.7 Å². The Balaban J connectivity index is 1.88. The standard InChI is InChI=1S/C16H23N5O/c1-11-15(12(2)19(4)18-11)14-7-5-9-20(14)16(22)13(3)21-10-6-8-17-21/h6,8,10,13-14H,5,7,9H2,1-4H3/t13-,14-/m0/s1. The third-order valence-corrected chi connectivity index (χ3v) is 4.71. The zero-order valence-corrected chi connectivity index (χ0v) is 13.7. The Hall–Kier alpha value is -2.11. The average Bonchev–Trinajstić information content (AvgIpc) is 3.20. The highest BCUT2D eigenvalue weighted by Crippen LogP contribution is 2.36. The highest BCUT2D eigenvalue weighted by molar-refractivity contribution is 5.80. The van der Waals surface area contributed by atoms with Crippen molar-refractivity contribution in [3.63, 3.8) is 0 Å². The van der Waals surface area contributed by atoms with Crippen molar-refractivity contribution in [1.29, 1.82) is 0 Å². The van der Waals surface area contributed by atoms with Crippen molar-refractivity contribution in [3.8, 4) is 0 Å². The zero-order valence-electron chi connectivity index (χ0n) is 13.7. The molecule has 0 saturated carbocycles. The van der Waals surface area contributed by atoms with Gasteiger partial charge in [-0.2, -0.15) is 10.2 Å². The molecule has 1 aliphatic heterocycles. The quantitative estimate of drug-likeness (QED) is 0.873. The van der Waals surface area contributed by atoms with E-state index in [1.807, 2.05) is 42.7 Å². The molecule has 6 heteroatoms. The van der Waals surface area contributed by atoms with E-state index in [9.17, 15) is 4.79 Å². The molecule has 3 rings (SSSR count). The Morgan fingerprint density at radius 2 is 2.18 bits per heavy atom.